The molecule has 2 aromatic rings. The molecule has 0 unspecified atom stereocenters. The predicted octanol–water partition coefficient (Wildman–Crippen LogP) is 0.756. The van der Waals surface area contributed by atoms with Crippen LogP contribution in [0.5, 0.6) is 0 Å². The summed E-state index contributed by atoms with van der Waals surface area (Å²) in [5.74, 6) is 0.876. The molecular weight excluding hydrogens is 258 g/mol. The molecule has 0 bridgehead atoms. The summed E-state index contributed by atoms with van der Waals surface area (Å²) >= 11 is 0. The second-order valence-electron chi connectivity index (χ2n) is 4.74. The van der Waals surface area contributed by atoms with Gasteiger partial charge in [0.05, 0.1) is 19.3 Å². The van der Waals surface area contributed by atoms with Crippen LogP contribution in [0.15, 0.2) is 18.7 Å². The Labute approximate surface area is 117 Å². The molecule has 0 aliphatic carbocycles. The van der Waals surface area contributed by atoms with Crippen LogP contribution in [0.3, 0.4) is 0 Å². The van der Waals surface area contributed by atoms with Crippen LogP contribution in [0, 0.1) is 0 Å². The highest BCUT2D eigenvalue weighted by atomic mass is 16.5. The number of ether oxygens (including phenoxy) is 2. The third-order valence-electron chi connectivity index (χ3n) is 3.43. The summed E-state index contributed by atoms with van der Waals surface area (Å²) < 4.78 is 13.0. The fourth-order valence-corrected chi connectivity index (χ4v) is 2.44. The minimum Gasteiger partial charge on any atom is -0.379 e. The predicted molar refractivity (Wildman–Crippen MR) is 73.8 cm³/mol. The van der Waals surface area contributed by atoms with Crippen LogP contribution in [-0.4, -0.2) is 58.6 Å². The first-order valence-corrected chi connectivity index (χ1v) is 6.97. The van der Waals surface area contributed by atoms with Gasteiger partial charge < -0.3 is 14.4 Å². The van der Waals surface area contributed by atoms with Gasteiger partial charge in [-0.05, 0) is 13.3 Å². The van der Waals surface area contributed by atoms with Crippen LogP contribution in [0.4, 0.5) is 5.82 Å². The summed E-state index contributed by atoms with van der Waals surface area (Å²) in [6.07, 6.45) is 6.55. The van der Waals surface area contributed by atoms with Crippen molar-refractivity contribution in [1.82, 2.24) is 19.6 Å². The highest BCUT2D eigenvalue weighted by Crippen LogP contribution is 2.22. The number of anilines is 1. The van der Waals surface area contributed by atoms with E-state index in [1.165, 1.54) is 0 Å². The van der Waals surface area contributed by atoms with Gasteiger partial charge in [0, 0.05) is 32.1 Å². The zero-order valence-corrected chi connectivity index (χ0v) is 11.6. The van der Waals surface area contributed by atoms with Crippen LogP contribution in [0.2, 0.25) is 0 Å². The number of aromatic nitrogens is 4. The van der Waals surface area contributed by atoms with E-state index < -0.39 is 0 Å². The van der Waals surface area contributed by atoms with E-state index in [9.17, 15) is 0 Å². The van der Waals surface area contributed by atoms with E-state index in [4.69, 9.17) is 9.47 Å². The van der Waals surface area contributed by atoms with Crippen molar-refractivity contribution in [3.05, 3.63) is 18.7 Å². The number of fused-ring (bicyclic) bond motifs is 1. The summed E-state index contributed by atoms with van der Waals surface area (Å²) in [7, 11) is 0. The van der Waals surface area contributed by atoms with Gasteiger partial charge in [0.2, 0.25) is 5.65 Å². The molecule has 1 saturated heterocycles. The molecule has 2 aromatic heterocycles. The summed E-state index contributed by atoms with van der Waals surface area (Å²) in [5.41, 5.74) is 0.794. The molecule has 0 amide bonds. The molecular formula is C13H19N5O2. The summed E-state index contributed by atoms with van der Waals surface area (Å²) in [6, 6.07) is 0. The molecule has 1 fully saturated rings. The highest BCUT2D eigenvalue weighted by molar-refractivity contribution is 5.63. The Bertz CT molecular complexity index is 558. The Morgan fingerprint density at radius 1 is 1.40 bits per heavy atom. The second-order valence-corrected chi connectivity index (χ2v) is 4.74. The van der Waals surface area contributed by atoms with E-state index in [1.807, 2.05) is 17.5 Å². The van der Waals surface area contributed by atoms with Gasteiger partial charge >= 0.3 is 0 Å². The van der Waals surface area contributed by atoms with Gasteiger partial charge in [-0.25, -0.2) is 4.98 Å². The van der Waals surface area contributed by atoms with E-state index >= 15 is 0 Å². The van der Waals surface area contributed by atoms with E-state index in [0.717, 1.165) is 37.6 Å². The van der Waals surface area contributed by atoms with Crippen molar-refractivity contribution in [2.45, 2.75) is 19.4 Å². The van der Waals surface area contributed by atoms with Gasteiger partial charge in [0.25, 0.3) is 0 Å². The molecule has 7 nitrogen and oxygen atoms in total. The molecule has 0 saturated carbocycles. The summed E-state index contributed by atoms with van der Waals surface area (Å²) in [5, 5.41) is 8.04. The molecule has 108 valence electrons. The fraction of sp³-hybridized carbons (Fsp3) is 0.615. The molecule has 1 aliphatic heterocycles. The molecule has 0 aromatic carbocycles. The van der Waals surface area contributed by atoms with E-state index in [2.05, 4.69) is 20.1 Å². The van der Waals surface area contributed by atoms with Gasteiger partial charge in [-0.15, -0.1) is 10.2 Å². The van der Waals surface area contributed by atoms with Crippen molar-refractivity contribution in [3.8, 4) is 0 Å². The van der Waals surface area contributed by atoms with Gasteiger partial charge in [-0.1, -0.05) is 0 Å². The zero-order chi connectivity index (χ0) is 13.8. The first-order valence-electron chi connectivity index (χ1n) is 6.97. The minimum atomic E-state index is 0.237. The zero-order valence-electron chi connectivity index (χ0n) is 11.6. The van der Waals surface area contributed by atoms with Gasteiger partial charge in [-0.3, -0.25) is 4.40 Å². The van der Waals surface area contributed by atoms with Crippen molar-refractivity contribution >= 4 is 11.5 Å². The number of rotatable bonds is 6. The molecule has 0 radical (unpaired) electrons. The Balaban J connectivity index is 1.61. The van der Waals surface area contributed by atoms with E-state index in [-0.39, 0.29) is 6.10 Å². The van der Waals surface area contributed by atoms with Crippen LogP contribution in [0.25, 0.3) is 5.65 Å². The van der Waals surface area contributed by atoms with Gasteiger partial charge in [0.15, 0.2) is 5.82 Å². The maximum atomic E-state index is 5.81. The molecule has 3 heterocycles. The summed E-state index contributed by atoms with van der Waals surface area (Å²) in [4.78, 5) is 6.63. The third kappa shape index (κ3) is 2.73. The quantitative estimate of drug-likeness (QED) is 0.726. The van der Waals surface area contributed by atoms with Crippen LogP contribution < -0.4 is 4.90 Å². The number of hydrogen-bond donors (Lipinski definition) is 0. The SMILES string of the molecule is CCOCCO[C@H]1CCN(c2nccn3cnnc23)C1. The molecule has 0 spiro atoms. The Morgan fingerprint density at radius 3 is 3.25 bits per heavy atom. The van der Waals surface area contributed by atoms with Crippen molar-refractivity contribution in [1.29, 1.82) is 0 Å². The lowest BCUT2D eigenvalue weighted by molar-refractivity contribution is 0.0169. The Hall–Kier alpha value is -1.73. The van der Waals surface area contributed by atoms with Crippen LogP contribution >= 0.6 is 0 Å². The van der Waals surface area contributed by atoms with Gasteiger partial charge in [0.1, 0.15) is 6.33 Å². The topological polar surface area (TPSA) is 64.8 Å². The first-order chi connectivity index (χ1) is 9.88. The Morgan fingerprint density at radius 2 is 2.35 bits per heavy atom. The monoisotopic (exact) mass is 277 g/mol. The second kappa shape index (κ2) is 6.15. The lowest BCUT2D eigenvalue weighted by atomic mass is 10.3. The Kier molecular flexibility index (Phi) is 4.08. The maximum Gasteiger partial charge on any atom is 0.203 e. The van der Waals surface area contributed by atoms with Gasteiger partial charge in [-0.2, -0.15) is 0 Å². The van der Waals surface area contributed by atoms with E-state index in [0.29, 0.717) is 13.2 Å². The largest absolute Gasteiger partial charge is 0.379 e. The van der Waals surface area contributed by atoms with Crippen LogP contribution in [0.1, 0.15) is 13.3 Å². The maximum absolute atomic E-state index is 5.81. The third-order valence-corrected chi connectivity index (χ3v) is 3.43. The van der Waals surface area contributed by atoms with Crippen molar-refractivity contribution < 1.29 is 9.47 Å². The molecule has 1 atom stereocenters. The summed E-state index contributed by atoms with van der Waals surface area (Å²) in [6.45, 7) is 5.80. The smallest absolute Gasteiger partial charge is 0.203 e. The molecule has 1 aliphatic rings. The minimum absolute atomic E-state index is 0.237. The molecule has 20 heavy (non-hydrogen) atoms. The molecule has 3 rings (SSSR count). The fourth-order valence-electron chi connectivity index (χ4n) is 2.44. The number of hydrogen-bond acceptors (Lipinski definition) is 6. The lowest BCUT2D eigenvalue weighted by Gasteiger charge is -2.17. The molecule has 0 N–H and O–H groups in total. The number of nitrogens with zero attached hydrogens (tertiary/aromatic N) is 5. The average Bonchev–Trinajstić information content (AvgIpc) is 3.12. The lowest BCUT2D eigenvalue weighted by Crippen LogP contribution is -2.25. The highest BCUT2D eigenvalue weighted by Gasteiger charge is 2.25. The van der Waals surface area contributed by atoms with Crippen molar-refractivity contribution in [2.75, 3.05) is 37.8 Å². The average molecular weight is 277 g/mol. The first kappa shape index (κ1) is 13.3. The molecule has 7 heteroatoms. The van der Waals surface area contributed by atoms with E-state index in [1.54, 1.807) is 12.5 Å². The standard InChI is InChI=1S/C13H19N5O2/c1-2-19-7-8-20-11-3-5-17(9-11)12-13-16-15-10-18(13)6-4-14-12/h4,6,10-11H,2-3,5,7-9H2,1H3/t11-/m0/s1. The van der Waals surface area contributed by atoms with Crippen molar-refractivity contribution in [2.24, 2.45) is 0 Å². The normalized spacial score (nSPS) is 19.1. The van der Waals surface area contributed by atoms with Crippen LogP contribution in [-0.2, 0) is 9.47 Å². The van der Waals surface area contributed by atoms with Crippen molar-refractivity contribution in [3.63, 3.8) is 0 Å².